The molecule has 3 aromatic carbocycles. The molecule has 4 rings (SSSR count). The van der Waals surface area contributed by atoms with Crippen LogP contribution in [0.3, 0.4) is 0 Å². The molecule has 0 aliphatic carbocycles. The zero-order valence-electron chi connectivity index (χ0n) is 22.4. The van der Waals surface area contributed by atoms with E-state index in [0.29, 0.717) is 34.7 Å². The molecule has 6 nitrogen and oxygen atoms in total. The van der Waals surface area contributed by atoms with Gasteiger partial charge in [-0.2, -0.15) is 13.2 Å². The first-order valence-electron chi connectivity index (χ1n) is 12.8. The first-order valence-corrected chi connectivity index (χ1v) is 14.7. The number of rotatable bonds is 11. The second-order valence-corrected chi connectivity index (χ2v) is 11.3. The van der Waals surface area contributed by atoms with Crippen molar-refractivity contribution in [3.05, 3.63) is 116 Å². The number of carbonyl (C=O) groups is 3. The average molecular weight is 671 g/mol. The first-order chi connectivity index (χ1) is 20.4. The van der Waals surface area contributed by atoms with E-state index in [4.69, 9.17) is 34.8 Å². The van der Waals surface area contributed by atoms with Gasteiger partial charge < -0.3 is 10.6 Å². The summed E-state index contributed by atoms with van der Waals surface area (Å²) in [5.74, 6) is -0.837. The Morgan fingerprint density at radius 1 is 0.814 bits per heavy atom. The van der Waals surface area contributed by atoms with Crippen molar-refractivity contribution >= 4 is 68.2 Å². The molecule has 1 amide bonds. The van der Waals surface area contributed by atoms with Crippen LogP contribution in [0.25, 0.3) is 0 Å². The number of hydrogen-bond acceptors (Lipinski definition) is 6. The largest absolute Gasteiger partial charge is 0.417 e. The number of halogens is 6. The lowest BCUT2D eigenvalue weighted by Gasteiger charge is -2.10. The monoisotopic (exact) mass is 669 g/mol. The number of benzene rings is 3. The second-order valence-electron chi connectivity index (χ2n) is 8.99. The molecule has 0 aliphatic heterocycles. The molecule has 13 heteroatoms. The maximum atomic E-state index is 13.2. The minimum absolute atomic E-state index is 0.112. The summed E-state index contributed by atoms with van der Waals surface area (Å²) in [6, 6.07) is 18.7. The molecule has 0 bridgehead atoms. The van der Waals surface area contributed by atoms with Crippen molar-refractivity contribution in [1.82, 2.24) is 10.3 Å². The molecule has 0 radical (unpaired) electrons. The molecule has 0 spiro atoms. The van der Waals surface area contributed by atoms with Crippen LogP contribution in [0, 0.1) is 0 Å². The van der Waals surface area contributed by atoms with E-state index in [1.54, 1.807) is 48.5 Å². The Bertz CT molecular complexity index is 1530. The zero-order valence-corrected chi connectivity index (χ0v) is 25.5. The van der Waals surface area contributed by atoms with Gasteiger partial charge in [-0.3, -0.25) is 14.4 Å². The fourth-order valence-electron chi connectivity index (χ4n) is 3.65. The molecule has 1 heterocycles. The number of carbonyl (C=O) groups excluding carboxylic acids is 3. The smallest absolute Gasteiger partial charge is 0.361 e. The predicted molar refractivity (Wildman–Crippen MR) is 164 cm³/mol. The number of hydrogen-bond donors (Lipinski definition) is 2. The molecule has 0 aliphatic rings. The molecule has 0 atom stereocenters. The first kappa shape index (κ1) is 34.1. The van der Waals surface area contributed by atoms with Crippen LogP contribution in [-0.2, 0) is 28.6 Å². The van der Waals surface area contributed by atoms with E-state index in [1.165, 1.54) is 18.3 Å². The number of thiazole rings is 1. The topological polar surface area (TPSA) is 88.2 Å². The van der Waals surface area contributed by atoms with E-state index in [9.17, 15) is 27.6 Å². The normalized spacial score (nSPS) is 10.8. The Morgan fingerprint density at radius 3 is 1.98 bits per heavy atom. The molecule has 0 saturated carbocycles. The van der Waals surface area contributed by atoms with Gasteiger partial charge in [0.1, 0.15) is 0 Å². The van der Waals surface area contributed by atoms with E-state index in [0.717, 1.165) is 34.6 Å². The van der Waals surface area contributed by atoms with E-state index < -0.39 is 23.1 Å². The molecule has 0 unspecified atom stereocenters. The van der Waals surface area contributed by atoms with Crippen LogP contribution >= 0.6 is 46.1 Å². The maximum Gasteiger partial charge on any atom is 0.417 e. The third-order valence-electron chi connectivity index (χ3n) is 5.69. The average Bonchev–Trinajstić information content (AvgIpc) is 3.43. The molecule has 1 aromatic heterocycles. The number of nitrogens with zero attached hydrogens (tertiary/aromatic N) is 1. The third-order valence-corrected chi connectivity index (χ3v) is 7.28. The number of ketones is 1. The van der Waals surface area contributed by atoms with E-state index >= 15 is 0 Å². The molecule has 4 aromatic rings. The number of aromatic nitrogens is 1. The molecule has 2 N–H and O–H groups in total. The van der Waals surface area contributed by atoms with Gasteiger partial charge in [0.25, 0.3) is 0 Å². The fraction of sp³-hybridized carbons (Fsp3) is 0.200. The maximum absolute atomic E-state index is 13.2. The Kier molecular flexibility index (Phi) is 13.0. The van der Waals surface area contributed by atoms with E-state index in [2.05, 4.69) is 15.6 Å². The van der Waals surface area contributed by atoms with E-state index in [1.807, 2.05) is 0 Å². The summed E-state index contributed by atoms with van der Waals surface area (Å²) >= 11 is 17.6. The summed E-state index contributed by atoms with van der Waals surface area (Å²) in [5, 5.41) is 7.16. The van der Waals surface area contributed by atoms with Crippen LogP contribution in [0.15, 0.2) is 79.0 Å². The molecule has 226 valence electrons. The molecule has 43 heavy (non-hydrogen) atoms. The molecule has 0 fully saturated rings. The van der Waals surface area contributed by atoms with Crippen LogP contribution in [0.1, 0.15) is 38.3 Å². The third kappa shape index (κ3) is 11.6. The lowest BCUT2D eigenvalue weighted by atomic mass is 10.0. The number of anilines is 1. The highest BCUT2D eigenvalue weighted by Gasteiger charge is 2.35. The summed E-state index contributed by atoms with van der Waals surface area (Å²) in [4.78, 5) is 39.1. The summed E-state index contributed by atoms with van der Waals surface area (Å²) in [6.45, 7) is 0.914. The van der Waals surface area contributed by atoms with Crippen LogP contribution < -0.4 is 10.6 Å². The van der Waals surface area contributed by atoms with Crippen molar-refractivity contribution in [3.63, 3.8) is 0 Å². The van der Waals surface area contributed by atoms with Crippen molar-refractivity contribution in [2.24, 2.45) is 0 Å². The van der Waals surface area contributed by atoms with Gasteiger partial charge in [-0.25, -0.2) is 4.98 Å². The van der Waals surface area contributed by atoms with Crippen molar-refractivity contribution in [3.8, 4) is 0 Å². The quantitative estimate of drug-likeness (QED) is 0.0964. The van der Waals surface area contributed by atoms with Crippen molar-refractivity contribution in [2.45, 2.75) is 25.4 Å². The van der Waals surface area contributed by atoms with Gasteiger partial charge >= 0.3 is 6.18 Å². The predicted octanol–water partition coefficient (Wildman–Crippen LogP) is 7.86. The van der Waals surface area contributed by atoms with Crippen LogP contribution in [0.5, 0.6) is 0 Å². The van der Waals surface area contributed by atoms with Crippen molar-refractivity contribution in [2.75, 3.05) is 18.4 Å². The number of nitrogens with one attached hydrogen (secondary N) is 2. The SMILES string of the molecule is O=C(Cc1ccc(Cl)cc1)NCCCNc1ncc(C(=O)c2ccccc2C(F)(F)F)s1.O=C(Cl)Cc1ccc(Cl)cc1. The molecular formula is C30H25Cl3F3N3O3S. The minimum Gasteiger partial charge on any atom is -0.361 e. The highest BCUT2D eigenvalue weighted by Crippen LogP contribution is 2.33. The Hall–Kier alpha value is -3.44. The van der Waals surface area contributed by atoms with Crippen molar-refractivity contribution in [1.29, 1.82) is 0 Å². The van der Waals surface area contributed by atoms with Gasteiger partial charge in [-0.05, 0) is 59.5 Å². The lowest BCUT2D eigenvalue weighted by molar-refractivity contribution is -0.137. The molecule has 0 saturated heterocycles. The van der Waals surface area contributed by atoms with Gasteiger partial charge in [-0.1, -0.05) is 77.0 Å². The fourth-order valence-corrected chi connectivity index (χ4v) is 4.85. The Morgan fingerprint density at radius 2 is 1.40 bits per heavy atom. The van der Waals surface area contributed by atoms with Crippen LogP contribution in [-0.4, -0.2) is 35.0 Å². The summed E-state index contributed by atoms with van der Waals surface area (Å²) in [6.07, 6.45) is -2.24. The molecular weight excluding hydrogens is 646 g/mol. The van der Waals surface area contributed by atoms with Gasteiger partial charge in [-0.15, -0.1) is 0 Å². The highest BCUT2D eigenvalue weighted by atomic mass is 35.5. The van der Waals surface area contributed by atoms with Gasteiger partial charge in [0.05, 0.1) is 23.1 Å². The highest BCUT2D eigenvalue weighted by molar-refractivity contribution is 7.17. The zero-order chi connectivity index (χ0) is 31.4. The summed E-state index contributed by atoms with van der Waals surface area (Å²) in [5.41, 5.74) is 0.368. The number of amides is 1. The summed E-state index contributed by atoms with van der Waals surface area (Å²) in [7, 11) is 0. The second kappa shape index (κ2) is 16.4. The number of alkyl halides is 3. The summed E-state index contributed by atoms with van der Waals surface area (Å²) < 4.78 is 39.5. The van der Waals surface area contributed by atoms with Crippen LogP contribution in [0.2, 0.25) is 10.0 Å². The van der Waals surface area contributed by atoms with Crippen molar-refractivity contribution < 1.29 is 27.6 Å². The van der Waals surface area contributed by atoms with Gasteiger partial charge in [0, 0.05) is 35.1 Å². The van der Waals surface area contributed by atoms with E-state index in [-0.39, 0.29) is 28.9 Å². The van der Waals surface area contributed by atoms with Crippen LogP contribution in [0.4, 0.5) is 18.3 Å². The Balaban J connectivity index is 0.000000386. The lowest BCUT2D eigenvalue weighted by Crippen LogP contribution is -2.27. The van der Waals surface area contributed by atoms with Gasteiger partial charge in [0.2, 0.25) is 16.9 Å². The minimum atomic E-state index is -4.62. The standard InChI is InChI=1S/C22H19ClF3N3O2S.C8H6Cl2O/c23-15-8-6-14(7-9-15)12-19(30)27-10-3-11-28-21-29-13-18(32-21)20(31)16-4-1-2-5-17(16)22(24,25)26;9-7-3-1-6(2-4-7)5-8(10)11/h1-2,4-9,13H,3,10-12H2,(H,27,30)(H,28,29);1-4H,5H2. The Labute approximate surface area is 265 Å². The van der Waals surface area contributed by atoms with Gasteiger partial charge in [0.15, 0.2) is 5.13 Å².